The second-order valence-electron chi connectivity index (χ2n) is 5.59. The Labute approximate surface area is 119 Å². The molecule has 0 aromatic heterocycles. The fourth-order valence-corrected chi connectivity index (χ4v) is 1.66. The van der Waals surface area contributed by atoms with E-state index in [0.717, 1.165) is 5.56 Å². The molecule has 0 heterocycles. The molecule has 110 valence electrons. The SMILES string of the molecule is COC(=O)c1ccc(CNCC(=O)NC(C)(C)C)cc1. The lowest BCUT2D eigenvalue weighted by molar-refractivity contribution is -0.121. The first kappa shape index (κ1) is 16.2. The zero-order valence-corrected chi connectivity index (χ0v) is 12.4. The Kier molecular flexibility index (Phi) is 5.70. The molecule has 0 radical (unpaired) electrons. The fourth-order valence-electron chi connectivity index (χ4n) is 1.66. The van der Waals surface area contributed by atoms with E-state index in [4.69, 9.17) is 0 Å². The molecule has 5 nitrogen and oxygen atoms in total. The van der Waals surface area contributed by atoms with Gasteiger partial charge in [-0.15, -0.1) is 0 Å². The maximum absolute atomic E-state index is 11.6. The van der Waals surface area contributed by atoms with Gasteiger partial charge in [-0.25, -0.2) is 4.79 Å². The first-order chi connectivity index (χ1) is 9.31. The van der Waals surface area contributed by atoms with Crippen LogP contribution >= 0.6 is 0 Å². The first-order valence-corrected chi connectivity index (χ1v) is 6.51. The van der Waals surface area contributed by atoms with Crippen LogP contribution in [0, 0.1) is 0 Å². The van der Waals surface area contributed by atoms with Crippen molar-refractivity contribution in [1.82, 2.24) is 10.6 Å². The third kappa shape index (κ3) is 5.84. The second-order valence-corrected chi connectivity index (χ2v) is 5.59. The van der Waals surface area contributed by atoms with E-state index in [1.165, 1.54) is 7.11 Å². The monoisotopic (exact) mass is 278 g/mol. The van der Waals surface area contributed by atoms with Crippen molar-refractivity contribution >= 4 is 11.9 Å². The molecular formula is C15H22N2O3. The lowest BCUT2D eigenvalue weighted by atomic mass is 10.1. The van der Waals surface area contributed by atoms with Gasteiger partial charge in [0.15, 0.2) is 0 Å². The van der Waals surface area contributed by atoms with Gasteiger partial charge in [-0.05, 0) is 38.5 Å². The number of carbonyl (C=O) groups is 2. The predicted molar refractivity (Wildman–Crippen MR) is 77.4 cm³/mol. The van der Waals surface area contributed by atoms with Crippen molar-refractivity contribution in [2.24, 2.45) is 0 Å². The van der Waals surface area contributed by atoms with E-state index in [1.54, 1.807) is 12.1 Å². The number of hydrogen-bond donors (Lipinski definition) is 2. The van der Waals surface area contributed by atoms with Crippen molar-refractivity contribution in [3.8, 4) is 0 Å². The Bertz CT molecular complexity index is 461. The smallest absolute Gasteiger partial charge is 0.337 e. The molecule has 0 aliphatic heterocycles. The zero-order chi connectivity index (χ0) is 15.2. The summed E-state index contributed by atoms with van der Waals surface area (Å²) in [6, 6.07) is 7.08. The summed E-state index contributed by atoms with van der Waals surface area (Å²) in [5, 5.41) is 5.93. The molecule has 2 N–H and O–H groups in total. The highest BCUT2D eigenvalue weighted by Crippen LogP contribution is 2.05. The van der Waals surface area contributed by atoms with E-state index in [-0.39, 0.29) is 24.0 Å². The van der Waals surface area contributed by atoms with Gasteiger partial charge in [0.05, 0.1) is 19.2 Å². The van der Waals surface area contributed by atoms with Crippen LogP contribution < -0.4 is 10.6 Å². The van der Waals surface area contributed by atoms with Crippen LogP contribution in [0.2, 0.25) is 0 Å². The standard InChI is InChI=1S/C15H22N2O3/c1-15(2,3)17-13(18)10-16-9-11-5-7-12(8-6-11)14(19)20-4/h5-8,16H,9-10H2,1-4H3,(H,17,18). The molecule has 1 amide bonds. The van der Waals surface area contributed by atoms with Crippen LogP contribution in [0.5, 0.6) is 0 Å². The zero-order valence-electron chi connectivity index (χ0n) is 12.4. The Morgan fingerprint density at radius 3 is 2.25 bits per heavy atom. The van der Waals surface area contributed by atoms with Crippen molar-refractivity contribution in [3.05, 3.63) is 35.4 Å². The van der Waals surface area contributed by atoms with Gasteiger partial charge in [0.25, 0.3) is 0 Å². The molecule has 0 aliphatic carbocycles. The molecule has 0 atom stereocenters. The van der Waals surface area contributed by atoms with Crippen molar-refractivity contribution in [2.45, 2.75) is 32.9 Å². The number of carbonyl (C=O) groups excluding carboxylic acids is 2. The fraction of sp³-hybridized carbons (Fsp3) is 0.467. The molecule has 0 unspecified atom stereocenters. The van der Waals surface area contributed by atoms with E-state index in [9.17, 15) is 9.59 Å². The van der Waals surface area contributed by atoms with E-state index < -0.39 is 0 Å². The molecule has 0 fully saturated rings. The van der Waals surface area contributed by atoms with Gasteiger partial charge in [-0.2, -0.15) is 0 Å². The second kappa shape index (κ2) is 7.05. The molecule has 1 aromatic carbocycles. The van der Waals surface area contributed by atoms with Gasteiger partial charge in [-0.3, -0.25) is 4.79 Å². The molecule has 1 rings (SSSR count). The minimum absolute atomic E-state index is 0.0383. The van der Waals surface area contributed by atoms with Crippen LogP contribution in [0.3, 0.4) is 0 Å². The maximum Gasteiger partial charge on any atom is 0.337 e. The number of rotatable bonds is 5. The van der Waals surface area contributed by atoms with Crippen molar-refractivity contribution in [1.29, 1.82) is 0 Å². The summed E-state index contributed by atoms with van der Waals surface area (Å²) in [4.78, 5) is 22.9. The average Bonchev–Trinajstić information content (AvgIpc) is 2.36. The summed E-state index contributed by atoms with van der Waals surface area (Å²) >= 11 is 0. The summed E-state index contributed by atoms with van der Waals surface area (Å²) in [5.41, 5.74) is 1.30. The van der Waals surface area contributed by atoms with Gasteiger partial charge in [-0.1, -0.05) is 12.1 Å². The number of ether oxygens (including phenoxy) is 1. The highest BCUT2D eigenvalue weighted by Gasteiger charge is 2.12. The molecular weight excluding hydrogens is 256 g/mol. The summed E-state index contributed by atoms with van der Waals surface area (Å²) in [6.07, 6.45) is 0. The number of nitrogens with one attached hydrogen (secondary N) is 2. The summed E-state index contributed by atoms with van der Waals surface area (Å²) < 4.78 is 4.63. The van der Waals surface area contributed by atoms with E-state index in [0.29, 0.717) is 12.1 Å². The molecule has 0 saturated carbocycles. The molecule has 0 saturated heterocycles. The number of amides is 1. The Hall–Kier alpha value is -1.88. The van der Waals surface area contributed by atoms with Crippen LogP contribution in [0.4, 0.5) is 0 Å². The van der Waals surface area contributed by atoms with E-state index >= 15 is 0 Å². The normalized spacial score (nSPS) is 11.0. The predicted octanol–water partition coefficient (Wildman–Crippen LogP) is 1.48. The molecule has 1 aromatic rings. The first-order valence-electron chi connectivity index (χ1n) is 6.51. The minimum Gasteiger partial charge on any atom is -0.465 e. The van der Waals surface area contributed by atoms with Crippen molar-refractivity contribution in [3.63, 3.8) is 0 Å². The number of esters is 1. The summed E-state index contributed by atoms with van der Waals surface area (Å²) in [6.45, 7) is 6.65. The Balaban J connectivity index is 2.39. The van der Waals surface area contributed by atoms with Crippen molar-refractivity contribution < 1.29 is 14.3 Å². The third-order valence-electron chi connectivity index (χ3n) is 2.50. The lowest BCUT2D eigenvalue weighted by Crippen LogP contribution is -2.44. The number of methoxy groups -OCH3 is 1. The number of hydrogen-bond acceptors (Lipinski definition) is 4. The lowest BCUT2D eigenvalue weighted by Gasteiger charge is -2.20. The van der Waals surface area contributed by atoms with Crippen LogP contribution in [0.25, 0.3) is 0 Å². The van der Waals surface area contributed by atoms with Crippen molar-refractivity contribution in [2.75, 3.05) is 13.7 Å². The molecule has 0 aliphatic rings. The number of benzene rings is 1. The summed E-state index contributed by atoms with van der Waals surface area (Å²) in [7, 11) is 1.35. The Morgan fingerprint density at radius 2 is 1.75 bits per heavy atom. The molecule has 5 heteroatoms. The van der Waals surface area contributed by atoms with Gasteiger partial charge in [0.2, 0.25) is 5.91 Å². The van der Waals surface area contributed by atoms with Crippen LogP contribution in [0.15, 0.2) is 24.3 Å². The molecule has 0 spiro atoms. The van der Waals surface area contributed by atoms with Gasteiger partial charge >= 0.3 is 5.97 Å². The van der Waals surface area contributed by atoms with E-state index in [2.05, 4.69) is 15.4 Å². The van der Waals surface area contributed by atoms with Gasteiger partial charge in [0.1, 0.15) is 0 Å². The van der Waals surface area contributed by atoms with Crippen LogP contribution in [-0.4, -0.2) is 31.1 Å². The van der Waals surface area contributed by atoms with Crippen LogP contribution in [-0.2, 0) is 16.1 Å². The van der Waals surface area contributed by atoms with Gasteiger partial charge < -0.3 is 15.4 Å². The third-order valence-corrected chi connectivity index (χ3v) is 2.50. The largest absolute Gasteiger partial charge is 0.465 e. The highest BCUT2D eigenvalue weighted by molar-refractivity contribution is 5.89. The minimum atomic E-state index is -0.353. The van der Waals surface area contributed by atoms with E-state index in [1.807, 2.05) is 32.9 Å². The average molecular weight is 278 g/mol. The highest BCUT2D eigenvalue weighted by atomic mass is 16.5. The molecule has 0 bridgehead atoms. The van der Waals surface area contributed by atoms with Gasteiger partial charge in [0, 0.05) is 12.1 Å². The summed E-state index contributed by atoms with van der Waals surface area (Å²) in [5.74, 6) is -0.391. The Morgan fingerprint density at radius 1 is 1.15 bits per heavy atom. The topological polar surface area (TPSA) is 67.4 Å². The van der Waals surface area contributed by atoms with Crippen LogP contribution in [0.1, 0.15) is 36.7 Å². The quantitative estimate of drug-likeness (QED) is 0.801. The maximum atomic E-state index is 11.6. The molecule has 20 heavy (non-hydrogen) atoms.